The first-order chi connectivity index (χ1) is 8.95. The lowest BCUT2D eigenvalue weighted by Crippen LogP contribution is -2.14. The monoisotopic (exact) mass is 326 g/mol. The maximum atomic E-state index is 5.99. The molecule has 0 fully saturated rings. The van der Waals surface area contributed by atoms with Crippen LogP contribution in [0.2, 0.25) is 0 Å². The molecule has 0 atom stereocenters. The summed E-state index contributed by atoms with van der Waals surface area (Å²) >= 11 is 3.46. The van der Waals surface area contributed by atoms with E-state index in [0.717, 1.165) is 24.1 Å². The molecule has 0 unspecified atom stereocenters. The molecule has 2 heteroatoms. The molecule has 0 aliphatic heterocycles. The molecule has 0 N–H and O–H groups in total. The summed E-state index contributed by atoms with van der Waals surface area (Å²) in [6, 6.07) is 6.50. The molecule has 108 valence electrons. The Kier molecular flexibility index (Phi) is 6.92. The Morgan fingerprint density at radius 2 is 1.74 bits per heavy atom. The Morgan fingerprint density at radius 1 is 1.05 bits per heavy atom. The fourth-order valence-electron chi connectivity index (χ4n) is 2.09. The number of benzene rings is 1. The maximum Gasteiger partial charge on any atom is 0.123 e. The van der Waals surface area contributed by atoms with Crippen molar-refractivity contribution in [3.05, 3.63) is 29.3 Å². The van der Waals surface area contributed by atoms with Crippen molar-refractivity contribution < 1.29 is 4.74 Å². The van der Waals surface area contributed by atoms with Gasteiger partial charge in [0.2, 0.25) is 0 Å². The van der Waals surface area contributed by atoms with Crippen molar-refractivity contribution in [2.24, 2.45) is 0 Å². The molecule has 0 radical (unpaired) electrons. The highest BCUT2D eigenvalue weighted by atomic mass is 79.9. The first kappa shape index (κ1) is 16.6. The van der Waals surface area contributed by atoms with Crippen molar-refractivity contribution in [3.8, 4) is 5.75 Å². The topological polar surface area (TPSA) is 9.23 Å². The molecule has 0 aliphatic rings. The minimum Gasteiger partial charge on any atom is -0.493 e. The second kappa shape index (κ2) is 7.94. The van der Waals surface area contributed by atoms with Crippen molar-refractivity contribution in [1.29, 1.82) is 0 Å². The van der Waals surface area contributed by atoms with Crippen LogP contribution in [-0.4, -0.2) is 11.9 Å². The van der Waals surface area contributed by atoms with Crippen molar-refractivity contribution in [2.75, 3.05) is 11.9 Å². The predicted molar refractivity (Wildman–Crippen MR) is 87.6 cm³/mol. The lowest BCUT2D eigenvalue weighted by atomic mass is 9.85. The number of rotatable bonds is 7. The fraction of sp³-hybridized carbons (Fsp3) is 0.647. The van der Waals surface area contributed by atoms with E-state index in [9.17, 15) is 0 Å². The highest BCUT2D eigenvalue weighted by molar-refractivity contribution is 9.09. The SMILES string of the molecule is Cc1ccc(OCCCCCCBr)c(C(C)(C)C)c1. The van der Waals surface area contributed by atoms with Crippen LogP contribution in [0.5, 0.6) is 5.75 Å². The second-order valence-corrected chi connectivity index (χ2v) is 6.99. The minimum atomic E-state index is 0.136. The van der Waals surface area contributed by atoms with Crippen molar-refractivity contribution in [2.45, 2.75) is 58.8 Å². The van der Waals surface area contributed by atoms with Gasteiger partial charge in [0.05, 0.1) is 6.61 Å². The summed E-state index contributed by atoms with van der Waals surface area (Å²) in [7, 11) is 0. The number of hydrogen-bond acceptors (Lipinski definition) is 1. The number of ether oxygens (including phenoxy) is 1. The van der Waals surface area contributed by atoms with Crippen LogP contribution >= 0.6 is 15.9 Å². The van der Waals surface area contributed by atoms with Gasteiger partial charge in [-0.3, -0.25) is 0 Å². The minimum absolute atomic E-state index is 0.136. The van der Waals surface area contributed by atoms with E-state index in [2.05, 4.69) is 61.8 Å². The summed E-state index contributed by atoms with van der Waals surface area (Å²) in [4.78, 5) is 0. The highest BCUT2D eigenvalue weighted by Crippen LogP contribution is 2.32. The van der Waals surface area contributed by atoms with Crippen LogP contribution in [0.25, 0.3) is 0 Å². The second-order valence-electron chi connectivity index (χ2n) is 6.20. The largest absolute Gasteiger partial charge is 0.493 e. The molecule has 1 aromatic carbocycles. The summed E-state index contributed by atoms with van der Waals surface area (Å²) in [6.07, 6.45) is 4.94. The first-order valence-electron chi connectivity index (χ1n) is 7.25. The zero-order chi connectivity index (χ0) is 14.3. The summed E-state index contributed by atoms with van der Waals surface area (Å²) in [5.41, 5.74) is 2.75. The molecule has 0 spiro atoms. The van der Waals surface area contributed by atoms with Crippen molar-refractivity contribution >= 4 is 15.9 Å². The summed E-state index contributed by atoms with van der Waals surface area (Å²) < 4.78 is 5.99. The van der Waals surface area contributed by atoms with E-state index in [1.54, 1.807) is 0 Å². The van der Waals surface area contributed by atoms with Crippen LogP contribution < -0.4 is 4.74 Å². The third-order valence-corrected chi connectivity index (χ3v) is 3.79. The van der Waals surface area contributed by atoms with Gasteiger partial charge in [-0.2, -0.15) is 0 Å². The maximum absolute atomic E-state index is 5.99. The fourth-order valence-corrected chi connectivity index (χ4v) is 2.48. The Morgan fingerprint density at radius 3 is 2.37 bits per heavy atom. The van der Waals surface area contributed by atoms with Gasteiger partial charge in [-0.15, -0.1) is 0 Å². The molecule has 0 heterocycles. The van der Waals surface area contributed by atoms with E-state index in [1.807, 2.05) is 0 Å². The molecule has 0 saturated heterocycles. The summed E-state index contributed by atoms with van der Waals surface area (Å²) in [6.45, 7) is 9.69. The average Bonchev–Trinajstić information content (AvgIpc) is 2.34. The summed E-state index contributed by atoms with van der Waals surface area (Å²) in [5, 5.41) is 1.11. The van der Waals surface area contributed by atoms with Crippen molar-refractivity contribution in [1.82, 2.24) is 0 Å². The molecular formula is C17H27BrO. The van der Waals surface area contributed by atoms with E-state index >= 15 is 0 Å². The number of hydrogen-bond donors (Lipinski definition) is 0. The third kappa shape index (κ3) is 5.99. The van der Waals surface area contributed by atoms with Gasteiger partial charge < -0.3 is 4.74 Å². The predicted octanol–water partition coefficient (Wildman–Crippen LogP) is 5.63. The van der Waals surface area contributed by atoms with Gasteiger partial charge in [-0.05, 0) is 36.8 Å². The Hall–Kier alpha value is -0.500. The van der Waals surface area contributed by atoms with E-state index in [-0.39, 0.29) is 5.41 Å². The normalized spacial score (nSPS) is 11.6. The van der Waals surface area contributed by atoms with E-state index in [0.29, 0.717) is 0 Å². The van der Waals surface area contributed by atoms with E-state index in [4.69, 9.17) is 4.74 Å². The zero-order valence-corrected chi connectivity index (χ0v) is 14.3. The van der Waals surface area contributed by atoms with Crippen LogP contribution in [0, 0.1) is 6.92 Å². The molecule has 19 heavy (non-hydrogen) atoms. The van der Waals surface area contributed by atoms with Crippen LogP contribution in [0.3, 0.4) is 0 Å². The molecule has 1 rings (SSSR count). The standard InChI is InChI=1S/C17H27BrO/c1-14-9-10-16(15(13-14)17(2,3)4)19-12-8-6-5-7-11-18/h9-10,13H,5-8,11-12H2,1-4H3. The lowest BCUT2D eigenvalue weighted by Gasteiger charge is -2.23. The number of alkyl halides is 1. The Balaban J connectivity index is 2.54. The first-order valence-corrected chi connectivity index (χ1v) is 8.37. The lowest BCUT2D eigenvalue weighted by molar-refractivity contribution is 0.297. The Labute approximate surface area is 126 Å². The van der Waals surface area contributed by atoms with Gasteiger partial charge in [0.25, 0.3) is 0 Å². The molecule has 0 aliphatic carbocycles. The van der Waals surface area contributed by atoms with Gasteiger partial charge in [-0.25, -0.2) is 0 Å². The quantitative estimate of drug-likeness (QED) is 0.466. The number of aryl methyl sites for hydroxylation is 1. The van der Waals surface area contributed by atoms with Gasteiger partial charge in [0, 0.05) is 5.33 Å². The molecule has 1 aromatic rings. The molecule has 0 amide bonds. The Bertz CT molecular complexity index is 379. The number of halogens is 1. The van der Waals surface area contributed by atoms with E-state index < -0.39 is 0 Å². The van der Waals surface area contributed by atoms with E-state index in [1.165, 1.54) is 30.4 Å². The number of unbranched alkanes of at least 4 members (excludes halogenated alkanes) is 3. The average molecular weight is 327 g/mol. The van der Waals surface area contributed by atoms with Gasteiger partial charge in [0.1, 0.15) is 5.75 Å². The molecular weight excluding hydrogens is 300 g/mol. The van der Waals surface area contributed by atoms with Crippen LogP contribution in [0.4, 0.5) is 0 Å². The molecule has 1 nitrogen and oxygen atoms in total. The van der Waals surface area contributed by atoms with Gasteiger partial charge in [-0.1, -0.05) is 67.2 Å². The molecule has 0 bridgehead atoms. The zero-order valence-electron chi connectivity index (χ0n) is 12.8. The highest BCUT2D eigenvalue weighted by Gasteiger charge is 2.18. The van der Waals surface area contributed by atoms with Gasteiger partial charge >= 0.3 is 0 Å². The van der Waals surface area contributed by atoms with Crippen LogP contribution in [0.15, 0.2) is 18.2 Å². The van der Waals surface area contributed by atoms with Gasteiger partial charge in [0.15, 0.2) is 0 Å². The third-order valence-electron chi connectivity index (χ3n) is 3.23. The van der Waals surface area contributed by atoms with Crippen LogP contribution in [0.1, 0.15) is 57.6 Å². The molecule has 0 saturated carbocycles. The molecule has 0 aromatic heterocycles. The summed E-state index contributed by atoms with van der Waals surface area (Å²) in [5.74, 6) is 1.05. The smallest absolute Gasteiger partial charge is 0.123 e. The van der Waals surface area contributed by atoms with Crippen LogP contribution in [-0.2, 0) is 5.41 Å². The van der Waals surface area contributed by atoms with Crippen molar-refractivity contribution in [3.63, 3.8) is 0 Å².